The van der Waals surface area contributed by atoms with Crippen molar-refractivity contribution in [3.05, 3.63) is 34.1 Å². The van der Waals surface area contributed by atoms with Crippen LogP contribution in [0.3, 0.4) is 0 Å². The van der Waals surface area contributed by atoms with E-state index < -0.39 is 11.7 Å². The summed E-state index contributed by atoms with van der Waals surface area (Å²) in [5.41, 5.74) is 5.59. The molecule has 7 heteroatoms. The van der Waals surface area contributed by atoms with Crippen LogP contribution < -0.4 is 16.4 Å². The average molecular weight is 386 g/mol. The van der Waals surface area contributed by atoms with Crippen LogP contribution in [0.25, 0.3) is 0 Å². The number of rotatable bonds is 7. The van der Waals surface area contributed by atoms with Crippen molar-refractivity contribution in [2.75, 3.05) is 13.1 Å². The summed E-state index contributed by atoms with van der Waals surface area (Å²) in [6, 6.07) is 3.89. The van der Waals surface area contributed by atoms with E-state index in [1.54, 1.807) is 0 Å². The minimum Gasteiger partial charge on any atom is -0.351 e. The SMILES string of the molecule is CC(CN)(NC(=O)CCNC(=O)c1cc(F)ccc1Br)C1CC1. The molecule has 0 saturated heterocycles. The Morgan fingerprint density at radius 1 is 1.43 bits per heavy atom. The summed E-state index contributed by atoms with van der Waals surface area (Å²) in [6.45, 7) is 2.52. The van der Waals surface area contributed by atoms with Gasteiger partial charge in [0.05, 0.1) is 11.1 Å². The van der Waals surface area contributed by atoms with Crippen LogP contribution in [-0.2, 0) is 4.79 Å². The van der Waals surface area contributed by atoms with Crippen LogP contribution in [0.1, 0.15) is 36.5 Å². The zero-order valence-electron chi connectivity index (χ0n) is 13.0. The third kappa shape index (κ3) is 4.75. The predicted molar refractivity (Wildman–Crippen MR) is 89.4 cm³/mol. The summed E-state index contributed by atoms with van der Waals surface area (Å²) in [5.74, 6) is -0.620. The van der Waals surface area contributed by atoms with Gasteiger partial charge in [-0.1, -0.05) is 0 Å². The van der Waals surface area contributed by atoms with E-state index in [-0.39, 0.29) is 30.0 Å². The lowest BCUT2D eigenvalue weighted by molar-refractivity contribution is -0.122. The van der Waals surface area contributed by atoms with Gasteiger partial charge in [-0.2, -0.15) is 0 Å². The lowest BCUT2D eigenvalue weighted by Gasteiger charge is -2.29. The smallest absolute Gasteiger partial charge is 0.252 e. The summed E-state index contributed by atoms with van der Waals surface area (Å²) >= 11 is 3.20. The highest BCUT2D eigenvalue weighted by Gasteiger charge is 2.41. The first-order valence-corrected chi connectivity index (χ1v) is 8.39. The van der Waals surface area contributed by atoms with Crippen molar-refractivity contribution in [3.63, 3.8) is 0 Å². The van der Waals surface area contributed by atoms with Crippen LogP contribution in [0.5, 0.6) is 0 Å². The van der Waals surface area contributed by atoms with Crippen molar-refractivity contribution < 1.29 is 14.0 Å². The van der Waals surface area contributed by atoms with Gasteiger partial charge < -0.3 is 16.4 Å². The quantitative estimate of drug-likeness (QED) is 0.670. The average Bonchev–Trinajstić information content (AvgIpc) is 3.34. The second-order valence-electron chi connectivity index (χ2n) is 6.07. The number of amides is 2. The summed E-state index contributed by atoms with van der Waals surface area (Å²) in [5, 5.41) is 5.57. The Hall–Kier alpha value is -1.47. The van der Waals surface area contributed by atoms with Gasteiger partial charge in [0.2, 0.25) is 5.91 Å². The lowest BCUT2D eigenvalue weighted by atomic mass is 9.96. The maximum absolute atomic E-state index is 13.2. The number of benzene rings is 1. The Kier molecular flexibility index (Phi) is 5.75. The predicted octanol–water partition coefficient (Wildman–Crippen LogP) is 1.95. The molecule has 0 heterocycles. The molecule has 1 unspecified atom stereocenters. The van der Waals surface area contributed by atoms with E-state index in [1.807, 2.05) is 6.92 Å². The van der Waals surface area contributed by atoms with Crippen LogP contribution in [0.2, 0.25) is 0 Å². The number of carbonyl (C=O) groups is 2. The number of nitrogens with two attached hydrogens (primary N) is 1. The molecule has 0 radical (unpaired) electrons. The topological polar surface area (TPSA) is 84.2 Å². The molecule has 1 aliphatic rings. The van der Waals surface area contributed by atoms with Gasteiger partial charge in [0.25, 0.3) is 5.91 Å². The fourth-order valence-corrected chi connectivity index (χ4v) is 2.90. The minimum atomic E-state index is -0.487. The molecule has 0 aliphatic heterocycles. The van der Waals surface area contributed by atoms with Gasteiger partial charge in [0, 0.05) is 24.0 Å². The Morgan fingerprint density at radius 2 is 2.13 bits per heavy atom. The van der Waals surface area contributed by atoms with Crippen molar-refractivity contribution in [3.8, 4) is 0 Å². The second kappa shape index (κ2) is 7.40. The van der Waals surface area contributed by atoms with E-state index in [0.29, 0.717) is 16.9 Å². The first-order valence-electron chi connectivity index (χ1n) is 7.60. The minimum absolute atomic E-state index is 0.150. The third-order valence-corrected chi connectivity index (χ3v) is 4.83. The standard InChI is InChI=1S/C16H21BrFN3O2/c1-16(9-19,10-2-3-10)21-14(22)6-7-20-15(23)12-8-11(18)4-5-13(12)17/h4-5,8,10H,2-3,6-7,9,19H2,1H3,(H,20,23)(H,21,22). The molecule has 0 aromatic heterocycles. The van der Waals surface area contributed by atoms with Crippen molar-refractivity contribution >= 4 is 27.7 Å². The molecule has 2 rings (SSSR count). The summed E-state index contributed by atoms with van der Waals surface area (Å²) in [7, 11) is 0. The second-order valence-corrected chi connectivity index (χ2v) is 6.93. The molecule has 1 fully saturated rings. The van der Waals surface area contributed by atoms with Gasteiger partial charge in [-0.3, -0.25) is 9.59 Å². The Bertz CT molecular complexity index is 607. The van der Waals surface area contributed by atoms with Gasteiger partial charge in [-0.15, -0.1) is 0 Å². The van der Waals surface area contributed by atoms with Crippen LogP contribution in [0.4, 0.5) is 4.39 Å². The first-order chi connectivity index (χ1) is 10.9. The molecular formula is C16H21BrFN3O2. The highest BCUT2D eigenvalue weighted by atomic mass is 79.9. The zero-order valence-corrected chi connectivity index (χ0v) is 14.6. The van der Waals surface area contributed by atoms with Gasteiger partial charge in [-0.05, 0) is 59.8 Å². The highest BCUT2D eigenvalue weighted by molar-refractivity contribution is 9.10. The van der Waals surface area contributed by atoms with Crippen molar-refractivity contribution in [2.45, 2.75) is 31.7 Å². The van der Waals surface area contributed by atoms with Crippen LogP contribution in [0.15, 0.2) is 22.7 Å². The van der Waals surface area contributed by atoms with E-state index in [0.717, 1.165) is 18.9 Å². The number of hydrogen-bond donors (Lipinski definition) is 3. The van der Waals surface area contributed by atoms with Gasteiger partial charge in [-0.25, -0.2) is 4.39 Å². The summed E-state index contributed by atoms with van der Waals surface area (Å²) in [6.07, 6.45) is 2.32. The summed E-state index contributed by atoms with van der Waals surface area (Å²) in [4.78, 5) is 24.0. The molecular weight excluding hydrogens is 365 g/mol. The molecule has 0 bridgehead atoms. The Morgan fingerprint density at radius 3 is 2.74 bits per heavy atom. The van der Waals surface area contributed by atoms with Gasteiger partial charge in [0.15, 0.2) is 0 Å². The molecule has 5 nitrogen and oxygen atoms in total. The van der Waals surface area contributed by atoms with E-state index in [9.17, 15) is 14.0 Å². The number of carbonyl (C=O) groups excluding carboxylic acids is 2. The molecule has 1 saturated carbocycles. The highest BCUT2D eigenvalue weighted by Crippen LogP contribution is 2.38. The van der Waals surface area contributed by atoms with Crippen molar-refractivity contribution in [1.82, 2.24) is 10.6 Å². The molecule has 1 aliphatic carbocycles. The summed E-state index contributed by atoms with van der Waals surface area (Å²) < 4.78 is 13.7. The first kappa shape index (κ1) is 17.9. The van der Waals surface area contributed by atoms with Crippen LogP contribution in [-0.4, -0.2) is 30.4 Å². The van der Waals surface area contributed by atoms with Crippen molar-refractivity contribution in [2.24, 2.45) is 11.7 Å². The molecule has 2 amide bonds. The Labute approximate surface area is 143 Å². The van der Waals surface area contributed by atoms with Crippen LogP contribution >= 0.6 is 15.9 Å². The van der Waals surface area contributed by atoms with E-state index in [4.69, 9.17) is 5.73 Å². The monoisotopic (exact) mass is 385 g/mol. The molecule has 1 atom stereocenters. The normalized spacial score (nSPS) is 16.5. The fourth-order valence-electron chi connectivity index (χ4n) is 2.48. The number of halogens is 2. The largest absolute Gasteiger partial charge is 0.351 e. The van der Waals surface area contributed by atoms with Crippen LogP contribution in [0, 0.1) is 11.7 Å². The molecule has 0 spiro atoms. The molecule has 1 aromatic rings. The number of hydrogen-bond acceptors (Lipinski definition) is 3. The molecule has 1 aromatic carbocycles. The maximum atomic E-state index is 13.2. The van der Waals surface area contributed by atoms with Gasteiger partial charge >= 0.3 is 0 Å². The van der Waals surface area contributed by atoms with E-state index in [1.165, 1.54) is 12.1 Å². The lowest BCUT2D eigenvalue weighted by Crippen LogP contribution is -2.53. The van der Waals surface area contributed by atoms with E-state index in [2.05, 4.69) is 26.6 Å². The maximum Gasteiger partial charge on any atom is 0.252 e. The molecule has 4 N–H and O–H groups in total. The van der Waals surface area contributed by atoms with Crippen molar-refractivity contribution in [1.29, 1.82) is 0 Å². The van der Waals surface area contributed by atoms with Gasteiger partial charge in [0.1, 0.15) is 5.82 Å². The molecule has 23 heavy (non-hydrogen) atoms. The number of nitrogens with one attached hydrogen (secondary N) is 2. The third-order valence-electron chi connectivity index (χ3n) is 4.14. The van der Waals surface area contributed by atoms with E-state index >= 15 is 0 Å². The Balaban J connectivity index is 1.81. The fraction of sp³-hybridized carbons (Fsp3) is 0.500. The molecule has 126 valence electrons. The zero-order chi connectivity index (χ0) is 17.0.